The van der Waals surface area contributed by atoms with E-state index < -0.39 is 0 Å². The Kier molecular flexibility index (Phi) is 4.29. The van der Waals surface area contributed by atoms with Crippen LogP contribution >= 0.6 is 0 Å². The molecule has 28 heavy (non-hydrogen) atoms. The third kappa shape index (κ3) is 3.31. The van der Waals surface area contributed by atoms with E-state index in [0.717, 1.165) is 11.1 Å². The zero-order chi connectivity index (χ0) is 19.7. The van der Waals surface area contributed by atoms with Crippen LogP contribution in [0, 0.1) is 0 Å². The Bertz CT molecular complexity index is 1050. The molecule has 0 atom stereocenters. The van der Waals surface area contributed by atoms with Crippen molar-refractivity contribution in [2.45, 2.75) is 0 Å². The summed E-state index contributed by atoms with van der Waals surface area (Å²) < 4.78 is 3.43. The highest BCUT2D eigenvalue weighted by atomic mass is 16.3. The van der Waals surface area contributed by atoms with Gasteiger partial charge in [-0.25, -0.2) is 0 Å². The average Bonchev–Trinajstić information content (AvgIpc) is 2.72. The topological polar surface area (TPSA) is 88.7 Å². The van der Waals surface area contributed by atoms with Gasteiger partial charge in [-0.05, 0) is 35.4 Å². The Morgan fingerprint density at radius 2 is 0.821 bits per heavy atom. The summed E-state index contributed by atoms with van der Waals surface area (Å²) in [5, 5.41) is 39.2. The van der Waals surface area contributed by atoms with E-state index in [-0.39, 0.29) is 23.0 Å². The van der Waals surface area contributed by atoms with Gasteiger partial charge in [-0.3, -0.25) is 0 Å². The quantitative estimate of drug-likeness (QED) is 0.328. The standard InChI is InChI=1S/C22H16N2O4/c25-17-1-3-21(27)19(13-17)23-9-5-15(6-10-23)16-7-11-24(12-8-16)20-14-18(26)2-4-22(20)28/h1-14H,(H2,25,26,27,28)/p+2. The summed E-state index contributed by atoms with van der Waals surface area (Å²) in [6.07, 6.45) is 7.19. The zero-order valence-corrected chi connectivity index (χ0v) is 14.8. The second-order valence-corrected chi connectivity index (χ2v) is 6.33. The zero-order valence-electron chi connectivity index (χ0n) is 14.8. The maximum absolute atomic E-state index is 9.98. The first kappa shape index (κ1) is 17.4. The molecule has 4 rings (SSSR count). The smallest absolute Gasteiger partial charge is 0.256 e. The van der Waals surface area contributed by atoms with Gasteiger partial charge in [0.25, 0.3) is 11.4 Å². The van der Waals surface area contributed by atoms with E-state index in [4.69, 9.17) is 0 Å². The summed E-state index contributed by atoms with van der Waals surface area (Å²) in [7, 11) is 0. The maximum Gasteiger partial charge on any atom is 0.256 e. The van der Waals surface area contributed by atoms with Gasteiger partial charge in [0.1, 0.15) is 11.5 Å². The van der Waals surface area contributed by atoms with Crippen molar-refractivity contribution in [3.05, 3.63) is 85.5 Å². The number of phenolic OH excluding ortho intramolecular Hbond substituents is 4. The van der Waals surface area contributed by atoms with Crippen molar-refractivity contribution in [2.75, 3.05) is 0 Å². The Hall–Kier alpha value is -4.06. The lowest BCUT2D eigenvalue weighted by Gasteiger charge is -2.03. The minimum absolute atomic E-state index is 0.0715. The molecular weight excluding hydrogens is 356 g/mol. The molecule has 0 fully saturated rings. The van der Waals surface area contributed by atoms with Gasteiger partial charge in [-0.1, -0.05) is 0 Å². The Morgan fingerprint density at radius 3 is 1.18 bits per heavy atom. The highest BCUT2D eigenvalue weighted by Gasteiger charge is 2.15. The molecule has 0 saturated heterocycles. The SMILES string of the molecule is Oc1ccc(O)c(-[n+]2ccc(-c3cc[n+](-c4cc(O)ccc4O)cc3)cc2)c1. The lowest BCUT2D eigenvalue weighted by atomic mass is 10.1. The van der Waals surface area contributed by atoms with Gasteiger partial charge in [-0.15, -0.1) is 0 Å². The predicted molar refractivity (Wildman–Crippen MR) is 102 cm³/mol. The number of hydrogen-bond acceptors (Lipinski definition) is 4. The fourth-order valence-electron chi connectivity index (χ4n) is 3.00. The van der Waals surface area contributed by atoms with Crippen molar-refractivity contribution in [3.8, 4) is 45.5 Å². The van der Waals surface area contributed by atoms with Crippen molar-refractivity contribution in [3.63, 3.8) is 0 Å². The van der Waals surface area contributed by atoms with Gasteiger partial charge in [0.15, 0.2) is 36.3 Å². The van der Waals surface area contributed by atoms with Gasteiger partial charge in [0.2, 0.25) is 0 Å². The number of pyridine rings is 2. The van der Waals surface area contributed by atoms with Crippen LogP contribution in [0.15, 0.2) is 85.5 Å². The lowest BCUT2D eigenvalue weighted by Crippen LogP contribution is -2.29. The number of phenols is 4. The molecule has 6 nitrogen and oxygen atoms in total. The first-order valence-electron chi connectivity index (χ1n) is 8.59. The van der Waals surface area contributed by atoms with Crippen molar-refractivity contribution >= 4 is 0 Å². The first-order chi connectivity index (χ1) is 13.5. The normalized spacial score (nSPS) is 10.7. The van der Waals surface area contributed by atoms with E-state index in [0.29, 0.717) is 11.4 Å². The number of benzene rings is 2. The molecule has 0 aliphatic rings. The third-order valence-electron chi connectivity index (χ3n) is 4.47. The summed E-state index contributed by atoms with van der Waals surface area (Å²) >= 11 is 0. The van der Waals surface area contributed by atoms with E-state index in [9.17, 15) is 20.4 Å². The van der Waals surface area contributed by atoms with Gasteiger partial charge >= 0.3 is 0 Å². The summed E-state index contributed by atoms with van der Waals surface area (Å²) in [6, 6.07) is 16.3. The van der Waals surface area contributed by atoms with E-state index in [2.05, 4.69) is 0 Å². The van der Waals surface area contributed by atoms with Gasteiger partial charge in [0, 0.05) is 24.3 Å². The molecule has 0 amide bonds. The fourth-order valence-corrected chi connectivity index (χ4v) is 3.00. The van der Waals surface area contributed by atoms with Gasteiger partial charge in [0.05, 0.1) is 12.1 Å². The highest BCUT2D eigenvalue weighted by Crippen LogP contribution is 2.24. The number of aromatic hydroxyl groups is 4. The minimum atomic E-state index is 0.0715. The van der Waals surface area contributed by atoms with E-state index in [1.54, 1.807) is 33.9 Å². The predicted octanol–water partition coefficient (Wildman–Crippen LogP) is 2.73. The molecule has 0 aliphatic heterocycles. The van der Waals surface area contributed by atoms with Crippen molar-refractivity contribution < 1.29 is 29.6 Å². The lowest BCUT2D eigenvalue weighted by molar-refractivity contribution is -0.596. The van der Waals surface area contributed by atoms with E-state index >= 15 is 0 Å². The Labute approximate surface area is 161 Å². The second-order valence-electron chi connectivity index (χ2n) is 6.33. The van der Waals surface area contributed by atoms with Crippen LogP contribution in [0.4, 0.5) is 0 Å². The van der Waals surface area contributed by atoms with Crippen LogP contribution < -0.4 is 9.13 Å². The molecule has 0 unspecified atom stereocenters. The molecule has 0 bridgehead atoms. The second kappa shape index (κ2) is 6.92. The van der Waals surface area contributed by atoms with Crippen LogP contribution in [0.3, 0.4) is 0 Å². The number of aromatic nitrogens is 2. The largest absolute Gasteiger partial charge is 0.508 e. The van der Waals surface area contributed by atoms with Gasteiger partial charge in [-0.2, -0.15) is 9.13 Å². The number of rotatable bonds is 3. The number of hydrogen-bond donors (Lipinski definition) is 4. The maximum atomic E-state index is 9.98. The molecule has 2 aromatic heterocycles. The molecule has 4 N–H and O–H groups in total. The molecule has 0 aliphatic carbocycles. The highest BCUT2D eigenvalue weighted by molar-refractivity contribution is 5.61. The van der Waals surface area contributed by atoms with Crippen molar-refractivity contribution in [1.82, 2.24) is 0 Å². The molecule has 6 heteroatoms. The minimum Gasteiger partial charge on any atom is -0.508 e. The molecule has 138 valence electrons. The van der Waals surface area contributed by atoms with Crippen LogP contribution in [0.1, 0.15) is 0 Å². The first-order valence-corrected chi connectivity index (χ1v) is 8.59. The Balaban J connectivity index is 1.63. The van der Waals surface area contributed by atoms with Crippen molar-refractivity contribution in [2.24, 2.45) is 0 Å². The molecular formula is C22H18N2O4+2. The summed E-state index contributed by atoms with van der Waals surface area (Å²) in [6.45, 7) is 0. The van der Waals surface area contributed by atoms with E-state index in [1.807, 2.05) is 24.3 Å². The van der Waals surface area contributed by atoms with Gasteiger partial charge < -0.3 is 20.4 Å². The average molecular weight is 374 g/mol. The summed E-state index contributed by atoms with van der Waals surface area (Å²) in [4.78, 5) is 0. The molecule has 2 heterocycles. The molecule has 4 aromatic rings. The van der Waals surface area contributed by atoms with Crippen LogP contribution in [0.2, 0.25) is 0 Å². The summed E-state index contributed by atoms with van der Waals surface area (Å²) in [5.41, 5.74) is 2.89. The third-order valence-corrected chi connectivity index (χ3v) is 4.47. The van der Waals surface area contributed by atoms with Crippen LogP contribution in [-0.4, -0.2) is 20.4 Å². The molecule has 0 spiro atoms. The summed E-state index contributed by atoms with van der Waals surface area (Å²) in [5.74, 6) is 0.295. The fraction of sp³-hybridized carbons (Fsp3) is 0. The van der Waals surface area contributed by atoms with Crippen molar-refractivity contribution in [1.29, 1.82) is 0 Å². The molecule has 0 radical (unpaired) electrons. The number of nitrogens with zero attached hydrogens (tertiary/aromatic N) is 2. The molecule has 2 aromatic carbocycles. The van der Waals surface area contributed by atoms with E-state index in [1.165, 1.54) is 36.4 Å². The monoisotopic (exact) mass is 374 g/mol. The Morgan fingerprint density at radius 1 is 0.464 bits per heavy atom. The molecule has 0 saturated carbocycles. The van der Waals surface area contributed by atoms with Crippen LogP contribution in [0.5, 0.6) is 23.0 Å². The van der Waals surface area contributed by atoms with Crippen LogP contribution in [0.25, 0.3) is 22.5 Å². The van der Waals surface area contributed by atoms with Crippen LogP contribution in [-0.2, 0) is 0 Å².